The van der Waals surface area contributed by atoms with Gasteiger partial charge in [-0.3, -0.25) is 4.79 Å². The van der Waals surface area contributed by atoms with E-state index in [4.69, 9.17) is 11.6 Å². The summed E-state index contributed by atoms with van der Waals surface area (Å²) < 4.78 is 0. The predicted octanol–water partition coefficient (Wildman–Crippen LogP) is 4.76. The van der Waals surface area contributed by atoms with Crippen LogP contribution >= 0.6 is 34.7 Å². The summed E-state index contributed by atoms with van der Waals surface area (Å²) in [5.41, 5.74) is 0. The minimum absolute atomic E-state index is 0.0471. The molecule has 1 aromatic carbocycles. The largest absolute Gasteiger partial charge is 0.348 e. The Hall–Kier alpha value is -0.970. The van der Waals surface area contributed by atoms with Crippen LogP contribution in [0.2, 0.25) is 5.02 Å². The smallest absolute Gasteiger partial charge is 0.233 e. The first kappa shape index (κ1) is 15.4. The van der Waals surface area contributed by atoms with E-state index in [1.54, 1.807) is 11.3 Å². The summed E-state index contributed by atoms with van der Waals surface area (Å²) in [4.78, 5) is 14.4. The topological polar surface area (TPSA) is 29.1 Å². The summed E-state index contributed by atoms with van der Waals surface area (Å²) in [7, 11) is 0. The first-order valence-corrected chi connectivity index (χ1v) is 8.46. The van der Waals surface area contributed by atoms with E-state index in [1.165, 1.54) is 16.6 Å². The molecule has 2 aromatic rings. The molecule has 1 amide bonds. The molecule has 0 aliphatic carbocycles. The lowest BCUT2D eigenvalue weighted by atomic mass is 10.2. The molecule has 0 aliphatic rings. The van der Waals surface area contributed by atoms with Gasteiger partial charge in [0.05, 0.1) is 11.3 Å². The van der Waals surface area contributed by atoms with Crippen LogP contribution in [-0.4, -0.2) is 11.2 Å². The van der Waals surface area contributed by atoms with E-state index < -0.39 is 0 Å². The zero-order valence-corrected chi connectivity index (χ0v) is 13.7. The molecular formula is C15H16ClNOS2. The minimum Gasteiger partial charge on any atom is -0.348 e. The summed E-state index contributed by atoms with van der Waals surface area (Å²) in [5.74, 6) is 0.0471. The Morgan fingerprint density at radius 1 is 1.25 bits per heavy atom. The number of rotatable bonds is 5. The minimum atomic E-state index is -0.140. The summed E-state index contributed by atoms with van der Waals surface area (Å²) >= 11 is 9.04. The quantitative estimate of drug-likeness (QED) is 0.803. The zero-order chi connectivity index (χ0) is 14.5. The second-order valence-corrected chi connectivity index (χ2v) is 7.29. The third-order valence-corrected chi connectivity index (χ3v) is 5.24. The molecule has 1 aromatic heterocycles. The highest BCUT2D eigenvalue weighted by Crippen LogP contribution is 2.26. The van der Waals surface area contributed by atoms with Gasteiger partial charge < -0.3 is 5.32 Å². The van der Waals surface area contributed by atoms with Crippen LogP contribution in [0.25, 0.3) is 0 Å². The van der Waals surface area contributed by atoms with E-state index in [0.717, 1.165) is 4.90 Å². The van der Waals surface area contributed by atoms with Gasteiger partial charge in [0.25, 0.3) is 0 Å². The van der Waals surface area contributed by atoms with Crippen molar-refractivity contribution in [2.75, 3.05) is 0 Å². The average Bonchev–Trinajstić information content (AvgIpc) is 2.95. The number of hydrogen-bond donors (Lipinski definition) is 1. The second-order valence-electron chi connectivity index (χ2n) is 4.46. The van der Waals surface area contributed by atoms with Gasteiger partial charge >= 0.3 is 0 Å². The highest BCUT2D eigenvalue weighted by Gasteiger charge is 2.17. The molecule has 0 fully saturated rings. The van der Waals surface area contributed by atoms with Crippen LogP contribution in [0.1, 0.15) is 24.8 Å². The van der Waals surface area contributed by atoms with Gasteiger partial charge in [-0.15, -0.1) is 23.1 Å². The molecule has 0 bridgehead atoms. The van der Waals surface area contributed by atoms with Gasteiger partial charge in [0, 0.05) is 14.8 Å². The predicted molar refractivity (Wildman–Crippen MR) is 87.6 cm³/mol. The van der Waals surface area contributed by atoms with Crippen molar-refractivity contribution in [2.24, 2.45) is 0 Å². The molecule has 2 rings (SSSR count). The Bertz CT molecular complexity index is 554. The van der Waals surface area contributed by atoms with Crippen LogP contribution in [0, 0.1) is 0 Å². The number of benzene rings is 1. The van der Waals surface area contributed by atoms with Gasteiger partial charge in [0.2, 0.25) is 5.91 Å². The fraction of sp³-hybridized carbons (Fsp3) is 0.267. The van der Waals surface area contributed by atoms with Gasteiger partial charge in [-0.2, -0.15) is 0 Å². The third kappa shape index (κ3) is 4.27. The summed E-state index contributed by atoms with van der Waals surface area (Å²) in [6.07, 6.45) is 0. The monoisotopic (exact) mass is 325 g/mol. The zero-order valence-electron chi connectivity index (χ0n) is 11.3. The molecule has 1 N–H and O–H groups in total. The fourth-order valence-corrected chi connectivity index (χ4v) is 3.45. The molecule has 0 spiro atoms. The SMILES string of the molecule is CC(Sc1ccc(Cl)cc1)C(=O)NC(C)c1cccs1. The highest BCUT2D eigenvalue weighted by molar-refractivity contribution is 8.00. The number of hydrogen-bond acceptors (Lipinski definition) is 3. The Labute approximate surface area is 132 Å². The summed E-state index contributed by atoms with van der Waals surface area (Å²) in [6.45, 7) is 3.92. The van der Waals surface area contributed by atoms with E-state index in [-0.39, 0.29) is 17.2 Å². The maximum Gasteiger partial charge on any atom is 0.233 e. The lowest BCUT2D eigenvalue weighted by Crippen LogP contribution is -2.32. The Morgan fingerprint density at radius 2 is 1.95 bits per heavy atom. The van der Waals surface area contributed by atoms with Gasteiger partial charge in [-0.1, -0.05) is 17.7 Å². The van der Waals surface area contributed by atoms with E-state index in [1.807, 2.05) is 55.6 Å². The number of carbonyl (C=O) groups excluding carboxylic acids is 1. The first-order valence-electron chi connectivity index (χ1n) is 6.32. The highest BCUT2D eigenvalue weighted by atomic mass is 35.5. The van der Waals surface area contributed by atoms with Crippen LogP contribution in [0.3, 0.4) is 0 Å². The van der Waals surface area contributed by atoms with E-state index >= 15 is 0 Å². The maximum absolute atomic E-state index is 12.2. The van der Waals surface area contributed by atoms with Crippen molar-refractivity contribution in [2.45, 2.75) is 30.0 Å². The Morgan fingerprint density at radius 3 is 2.55 bits per heavy atom. The lowest BCUT2D eigenvalue weighted by molar-refractivity contribution is -0.120. The Kier molecular flexibility index (Phi) is 5.52. The molecule has 106 valence electrons. The molecule has 0 radical (unpaired) electrons. The van der Waals surface area contributed by atoms with E-state index in [2.05, 4.69) is 5.32 Å². The lowest BCUT2D eigenvalue weighted by Gasteiger charge is -2.16. The third-order valence-electron chi connectivity index (χ3n) is 2.82. The van der Waals surface area contributed by atoms with Crippen LogP contribution in [0.15, 0.2) is 46.7 Å². The summed E-state index contributed by atoms with van der Waals surface area (Å²) in [6, 6.07) is 11.6. The molecular weight excluding hydrogens is 310 g/mol. The Balaban J connectivity index is 1.90. The van der Waals surface area contributed by atoms with Gasteiger partial charge in [-0.05, 0) is 49.6 Å². The van der Waals surface area contributed by atoms with Gasteiger partial charge in [0.1, 0.15) is 0 Å². The number of amides is 1. The second kappa shape index (κ2) is 7.16. The van der Waals surface area contributed by atoms with Gasteiger partial charge in [-0.25, -0.2) is 0 Å². The van der Waals surface area contributed by atoms with Crippen LogP contribution < -0.4 is 5.32 Å². The van der Waals surface area contributed by atoms with E-state index in [9.17, 15) is 4.79 Å². The fourth-order valence-electron chi connectivity index (χ4n) is 1.71. The van der Waals surface area contributed by atoms with Crippen molar-refractivity contribution in [1.29, 1.82) is 0 Å². The molecule has 1 heterocycles. The summed E-state index contributed by atoms with van der Waals surface area (Å²) in [5, 5.41) is 5.62. The average molecular weight is 326 g/mol. The van der Waals surface area contributed by atoms with E-state index in [0.29, 0.717) is 5.02 Å². The van der Waals surface area contributed by atoms with Crippen LogP contribution in [0.4, 0.5) is 0 Å². The number of thiophene rings is 1. The number of carbonyl (C=O) groups is 1. The molecule has 2 nitrogen and oxygen atoms in total. The molecule has 0 aliphatic heterocycles. The molecule has 2 unspecified atom stereocenters. The number of thioether (sulfide) groups is 1. The van der Waals surface area contributed by atoms with Crippen molar-refractivity contribution in [3.8, 4) is 0 Å². The van der Waals surface area contributed by atoms with Gasteiger partial charge in [0.15, 0.2) is 0 Å². The van der Waals surface area contributed by atoms with Crippen molar-refractivity contribution in [1.82, 2.24) is 5.32 Å². The first-order chi connectivity index (χ1) is 9.56. The molecule has 5 heteroatoms. The van der Waals surface area contributed by atoms with Crippen LogP contribution in [-0.2, 0) is 4.79 Å². The van der Waals surface area contributed by atoms with Crippen molar-refractivity contribution < 1.29 is 4.79 Å². The van der Waals surface area contributed by atoms with Crippen molar-refractivity contribution >= 4 is 40.6 Å². The molecule has 2 atom stereocenters. The van der Waals surface area contributed by atoms with Crippen LogP contribution in [0.5, 0.6) is 0 Å². The van der Waals surface area contributed by atoms with Crippen molar-refractivity contribution in [3.05, 3.63) is 51.7 Å². The number of nitrogens with one attached hydrogen (secondary N) is 1. The normalized spacial score (nSPS) is 13.8. The maximum atomic E-state index is 12.2. The molecule has 20 heavy (non-hydrogen) atoms. The standard InChI is InChI=1S/C15H16ClNOS2/c1-10(14-4-3-9-19-14)17-15(18)11(2)20-13-7-5-12(16)6-8-13/h3-11H,1-2H3,(H,17,18). The van der Waals surface area contributed by atoms with Crippen molar-refractivity contribution in [3.63, 3.8) is 0 Å². The molecule has 0 saturated heterocycles. The number of halogens is 1. The molecule has 0 saturated carbocycles.